The number of aromatic nitrogens is 1. The number of aryl methyl sites for hydroxylation is 1. The molecule has 1 aliphatic rings. The minimum atomic E-state index is -1.27. The van der Waals surface area contributed by atoms with E-state index in [0.717, 1.165) is 28.4 Å². The minimum absolute atomic E-state index is 0.0725. The Balaban J connectivity index is 1.71. The summed E-state index contributed by atoms with van der Waals surface area (Å²) in [6.45, 7) is 1.63. The summed E-state index contributed by atoms with van der Waals surface area (Å²) in [7, 11) is 0. The van der Waals surface area contributed by atoms with Crippen LogP contribution in [0.4, 0.5) is 13.9 Å². The summed E-state index contributed by atoms with van der Waals surface area (Å²) in [6.07, 6.45) is 0. The number of ketones is 1. The van der Waals surface area contributed by atoms with E-state index in [0.29, 0.717) is 21.0 Å². The molecule has 0 saturated carbocycles. The predicted octanol–water partition coefficient (Wildman–Crippen LogP) is 5.91. The Labute approximate surface area is 194 Å². The SMILES string of the molecule is Cc1ccc(C(=O)C2=C(O)C(=O)N(c3nc4c(Cl)cccc4s3)C2c2ccc(F)c(F)c2)o1. The predicted molar refractivity (Wildman–Crippen MR) is 119 cm³/mol. The highest BCUT2D eigenvalue weighted by molar-refractivity contribution is 7.22. The number of halogens is 3. The highest BCUT2D eigenvalue weighted by atomic mass is 35.5. The van der Waals surface area contributed by atoms with Gasteiger partial charge >= 0.3 is 0 Å². The molecule has 0 radical (unpaired) electrons. The standard InChI is InChI=1S/C23H13ClF2N2O4S/c1-10-5-8-15(32-10)20(29)17-19(11-6-7-13(25)14(26)9-11)28(22(31)21(17)30)23-27-18-12(24)3-2-4-16(18)33-23/h2-9,19,30H,1H3. The zero-order chi connectivity index (χ0) is 23.4. The quantitative estimate of drug-likeness (QED) is 0.362. The van der Waals surface area contributed by atoms with Crippen LogP contribution in [0.3, 0.4) is 0 Å². The van der Waals surface area contributed by atoms with Crippen molar-refractivity contribution >= 4 is 50.0 Å². The van der Waals surface area contributed by atoms with Gasteiger partial charge in [-0.1, -0.05) is 35.1 Å². The number of rotatable bonds is 4. The van der Waals surface area contributed by atoms with Crippen molar-refractivity contribution in [3.63, 3.8) is 0 Å². The number of anilines is 1. The lowest BCUT2D eigenvalue weighted by atomic mass is 9.95. The lowest BCUT2D eigenvalue weighted by molar-refractivity contribution is -0.117. The minimum Gasteiger partial charge on any atom is -0.503 e. The van der Waals surface area contributed by atoms with Crippen LogP contribution in [-0.4, -0.2) is 21.8 Å². The van der Waals surface area contributed by atoms with E-state index >= 15 is 0 Å². The first kappa shape index (κ1) is 21.3. The van der Waals surface area contributed by atoms with Crippen molar-refractivity contribution in [1.82, 2.24) is 4.98 Å². The number of fused-ring (bicyclic) bond motifs is 1. The summed E-state index contributed by atoms with van der Waals surface area (Å²) in [5, 5.41) is 11.2. The maximum Gasteiger partial charge on any atom is 0.296 e. The van der Waals surface area contributed by atoms with E-state index in [1.165, 1.54) is 12.1 Å². The van der Waals surface area contributed by atoms with E-state index in [2.05, 4.69) is 4.98 Å². The van der Waals surface area contributed by atoms with E-state index in [1.807, 2.05) is 0 Å². The smallest absolute Gasteiger partial charge is 0.296 e. The summed E-state index contributed by atoms with van der Waals surface area (Å²) in [4.78, 5) is 31.9. The Morgan fingerprint density at radius 1 is 1.18 bits per heavy atom. The molecule has 4 aromatic rings. The fraction of sp³-hybridized carbons (Fsp3) is 0.0870. The number of thiazole rings is 1. The van der Waals surface area contributed by atoms with Gasteiger partial charge < -0.3 is 9.52 Å². The first-order valence-electron chi connectivity index (χ1n) is 9.64. The number of Topliss-reactive ketones (excluding diaryl/α,β-unsaturated/α-hetero) is 1. The Bertz CT molecular complexity index is 1490. The lowest BCUT2D eigenvalue weighted by Crippen LogP contribution is -2.31. The highest BCUT2D eigenvalue weighted by Gasteiger charge is 2.46. The molecule has 5 rings (SSSR count). The zero-order valence-corrected chi connectivity index (χ0v) is 18.4. The monoisotopic (exact) mass is 486 g/mol. The van der Waals surface area contributed by atoms with Crippen LogP contribution < -0.4 is 4.90 Å². The number of hydrogen-bond donors (Lipinski definition) is 1. The summed E-state index contributed by atoms with van der Waals surface area (Å²) >= 11 is 7.32. The molecule has 0 fully saturated rings. The van der Waals surface area contributed by atoms with Crippen LogP contribution in [0.1, 0.15) is 27.9 Å². The number of furan rings is 1. The third kappa shape index (κ3) is 3.40. The molecule has 166 valence electrons. The summed E-state index contributed by atoms with van der Waals surface area (Å²) in [5.41, 5.74) is 0.172. The Morgan fingerprint density at radius 2 is 1.97 bits per heavy atom. The van der Waals surface area contributed by atoms with Gasteiger partial charge in [0.1, 0.15) is 11.3 Å². The Morgan fingerprint density at radius 3 is 2.64 bits per heavy atom. The van der Waals surface area contributed by atoms with Crippen LogP contribution in [0, 0.1) is 18.6 Å². The van der Waals surface area contributed by atoms with Crippen LogP contribution in [-0.2, 0) is 4.79 Å². The number of carbonyl (C=O) groups is 2. The normalized spacial score (nSPS) is 16.3. The first-order chi connectivity index (χ1) is 15.8. The molecule has 2 aromatic heterocycles. The van der Waals surface area contributed by atoms with Gasteiger partial charge in [0.2, 0.25) is 5.78 Å². The van der Waals surface area contributed by atoms with Crippen LogP contribution >= 0.6 is 22.9 Å². The van der Waals surface area contributed by atoms with Crippen molar-refractivity contribution < 1.29 is 27.9 Å². The van der Waals surface area contributed by atoms with Gasteiger partial charge in [0.15, 0.2) is 28.3 Å². The highest BCUT2D eigenvalue weighted by Crippen LogP contribution is 2.45. The number of carbonyl (C=O) groups excluding carboxylic acids is 2. The van der Waals surface area contributed by atoms with E-state index in [4.69, 9.17) is 16.0 Å². The molecule has 1 N–H and O–H groups in total. The van der Waals surface area contributed by atoms with Crippen molar-refractivity contribution in [1.29, 1.82) is 0 Å². The molecular formula is C23H13ClF2N2O4S. The fourth-order valence-corrected chi connectivity index (χ4v) is 5.02. The van der Waals surface area contributed by atoms with Crippen molar-refractivity contribution in [3.05, 3.63) is 93.6 Å². The van der Waals surface area contributed by atoms with E-state index < -0.39 is 35.1 Å². The van der Waals surface area contributed by atoms with Gasteiger partial charge in [-0.3, -0.25) is 14.5 Å². The molecule has 6 nitrogen and oxygen atoms in total. The van der Waals surface area contributed by atoms with E-state index in [-0.39, 0.29) is 22.0 Å². The second-order valence-corrected chi connectivity index (χ2v) is 8.75. The van der Waals surface area contributed by atoms with Crippen LogP contribution in [0.2, 0.25) is 5.02 Å². The van der Waals surface area contributed by atoms with E-state index in [9.17, 15) is 23.5 Å². The number of benzene rings is 2. The van der Waals surface area contributed by atoms with E-state index in [1.54, 1.807) is 31.2 Å². The topological polar surface area (TPSA) is 83.6 Å². The third-order valence-corrected chi connectivity index (χ3v) is 6.57. The molecule has 33 heavy (non-hydrogen) atoms. The number of aliphatic hydroxyl groups is 1. The lowest BCUT2D eigenvalue weighted by Gasteiger charge is -2.24. The Hall–Kier alpha value is -3.56. The van der Waals surface area contributed by atoms with Gasteiger partial charge in [-0.25, -0.2) is 13.8 Å². The molecule has 0 saturated heterocycles. The number of hydrogen-bond acceptors (Lipinski definition) is 6. The molecule has 0 aliphatic carbocycles. The molecule has 1 unspecified atom stereocenters. The van der Waals surface area contributed by atoms with Crippen molar-refractivity contribution in [2.45, 2.75) is 13.0 Å². The molecule has 2 aromatic carbocycles. The molecule has 0 spiro atoms. The van der Waals surface area contributed by atoms with Gasteiger partial charge in [0, 0.05) is 0 Å². The zero-order valence-electron chi connectivity index (χ0n) is 16.8. The van der Waals surface area contributed by atoms with Gasteiger partial charge in [0.05, 0.1) is 21.3 Å². The maximum absolute atomic E-state index is 14.1. The largest absolute Gasteiger partial charge is 0.503 e. The van der Waals surface area contributed by atoms with Crippen molar-refractivity contribution in [2.24, 2.45) is 0 Å². The molecular weight excluding hydrogens is 474 g/mol. The summed E-state index contributed by atoms with van der Waals surface area (Å²) in [6, 6.07) is 9.79. The second-order valence-electron chi connectivity index (χ2n) is 7.34. The first-order valence-corrected chi connectivity index (χ1v) is 10.8. The van der Waals surface area contributed by atoms with Gasteiger partial charge in [0.25, 0.3) is 5.91 Å². The molecule has 3 heterocycles. The van der Waals surface area contributed by atoms with Crippen molar-refractivity contribution in [3.8, 4) is 0 Å². The molecule has 1 aliphatic heterocycles. The summed E-state index contributed by atoms with van der Waals surface area (Å²) in [5.74, 6) is -4.41. The van der Waals surface area contributed by atoms with Gasteiger partial charge in [-0.15, -0.1) is 0 Å². The third-order valence-electron chi connectivity index (χ3n) is 5.24. The molecule has 1 atom stereocenters. The van der Waals surface area contributed by atoms with Gasteiger partial charge in [-0.2, -0.15) is 0 Å². The van der Waals surface area contributed by atoms with Crippen molar-refractivity contribution in [2.75, 3.05) is 4.90 Å². The summed E-state index contributed by atoms with van der Waals surface area (Å²) < 4.78 is 33.8. The maximum atomic E-state index is 14.1. The van der Waals surface area contributed by atoms with Crippen LogP contribution in [0.5, 0.6) is 0 Å². The molecule has 1 amide bonds. The number of para-hydroxylation sites is 1. The average Bonchev–Trinajstić information content (AvgIpc) is 3.47. The average molecular weight is 487 g/mol. The number of amides is 1. The van der Waals surface area contributed by atoms with Gasteiger partial charge in [-0.05, 0) is 48.9 Å². The molecule has 10 heteroatoms. The Kier molecular flexibility index (Phi) is 5.02. The van der Waals surface area contributed by atoms with Crippen LogP contribution in [0.25, 0.3) is 10.2 Å². The molecule has 0 bridgehead atoms. The number of nitrogens with zero attached hydrogens (tertiary/aromatic N) is 2. The fourth-order valence-electron chi connectivity index (χ4n) is 3.73. The second kappa shape index (κ2) is 7.79. The van der Waals surface area contributed by atoms with Crippen LogP contribution in [0.15, 0.2) is 64.3 Å². The number of aliphatic hydroxyl groups excluding tert-OH is 1.